The van der Waals surface area contributed by atoms with Crippen LogP contribution in [0.3, 0.4) is 0 Å². The third kappa shape index (κ3) is 2.31. The Morgan fingerprint density at radius 3 is 2.61 bits per heavy atom. The summed E-state index contributed by atoms with van der Waals surface area (Å²) in [6.07, 6.45) is -3.08. The maximum absolute atomic E-state index is 12.8. The SMILES string of the molecule is Cc1cn([C@@]2(O)O[C@H](CO)[C@@H](O)[C@]2(O)N(O)CF)c(=O)[nH]c1=O. The number of rotatable bonds is 4. The van der Waals surface area contributed by atoms with E-state index in [1.54, 1.807) is 0 Å². The van der Waals surface area contributed by atoms with Gasteiger partial charge in [0, 0.05) is 11.8 Å². The highest BCUT2D eigenvalue weighted by molar-refractivity contribution is 5.08. The average molecular weight is 337 g/mol. The number of hydrogen-bond donors (Lipinski definition) is 6. The highest BCUT2D eigenvalue weighted by atomic mass is 19.1. The number of alkyl halides is 1. The van der Waals surface area contributed by atoms with Gasteiger partial charge in [-0.2, -0.15) is 0 Å². The van der Waals surface area contributed by atoms with Crippen LogP contribution < -0.4 is 11.2 Å². The summed E-state index contributed by atoms with van der Waals surface area (Å²) in [5, 5.41) is 49.2. The molecule has 0 aliphatic carbocycles. The van der Waals surface area contributed by atoms with E-state index in [0.29, 0.717) is 0 Å². The van der Waals surface area contributed by atoms with Crippen LogP contribution in [0.1, 0.15) is 5.56 Å². The van der Waals surface area contributed by atoms with E-state index in [2.05, 4.69) is 0 Å². The molecule has 1 aromatic rings. The summed E-state index contributed by atoms with van der Waals surface area (Å²) in [5.41, 5.74) is -5.39. The normalized spacial score (nSPS) is 34.3. The molecule has 0 spiro atoms. The van der Waals surface area contributed by atoms with Gasteiger partial charge in [-0.3, -0.25) is 9.78 Å². The van der Waals surface area contributed by atoms with Crippen LogP contribution in [0.4, 0.5) is 4.39 Å². The Morgan fingerprint density at radius 1 is 1.48 bits per heavy atom. The molecule has 0 amide bonds. The second-order valence-electron chi connectivity index (χ2n) is 5.08. The van der Waals surface area contributed by atoms with Gasteiger partial charge < -0.3 is 30.4 Å². The van der Waals surface area contributed by atoms with Crippen LogP contribution >= 0.6 is 0 Å². The largest absolute Gasteiger partial charge is 0.394 e. The van der Waals surface area contributed by atoms with E-state index >= 15 is 0 Å². The third-order valence-corrected chi connectivity index (χ3v) is 3.69. The van der Waals surface area contributed by atoms with Gasteiger partial charge in [0.05, 0.1) is 6.61 Å². The molecule has 2 heterocycles. The van der Waals surface area contributed by atoms with Crippen molar-refractivity contribution in [3.63, 3.8) is 0 Å². The van der Waals surface area contributed by atoms with E-state index in [1.165, 1.54) is 6.92 Å². The zero-order valence-corrected chi connectivity index (χ0v) is 11.9. The first-order valence-electron chi connectivity index (χ1n) is 6.40. The number of hydroxylamine groups is 2. The van der Waals surface area contributed by atoms with Crippen molar-refractivity contribution < 1.29 is 34.8 Å². The molecule has 130 valence electrons. The molecule has 0 radical (unpaired) electrons. The van der Waals surface area contributed by atoms with Crippen molar-refractivity contribution in [2.24, 2.45) is 0 Å². The topological polar surface area (TPSA) is 168 Å². The monoisotopic (exact) mass is 337 g/mol. The minimum Gasteiger partial charge on any atom is -0.394 e. The van der Waals surface area contributed by atoms with Crippen molar-refractivity contribution in [2.45, 2.75) is 30.8 Å². The van der Waals surface area contributed by atoms with Crippen molar-refractivity contribution in [2.75, 3.05) is 13.4 Å². The first-order chi connectivity index (χ1) is 10.6. The summed E-state index contributed by atoms with van der Waals surface area (Å²) in [6, 6.07) is 0. The van der Waals surface area contributed by atoms with Gasteiger partial charge in [-0.05, 0) is 6.92 Å². The molecular formula is C11H16FN3O8. The van der Waals surface area contributed by atoms with Crippen LogP contribution in [0.25, 0.3) is 0 Å². The second-order valence-corrected chi connectivity index (χ2v) is 5.08. The Hall–Kier alpha value is -1.67. The molecule has 23 heavy (non-hydrogen) atoms. The van der Waals surface area contributed by atoms with E-state index < -0.39 is 53.6 Å². The number of hydrogen-bond acceptors (Lipinski definition) is 9. The minimum absolute atomic E-state index is 0.0874. The van der Waals surface area contributed by atoms with Crippen LogP contribution in [0.15, 0.2) is 15.8 Å². The number of aliphatic hydroxyl groups is 4. The first-order valence-corrected chi connectivity index (χ1v) is 6.40. The van der Waals surface area contributed by atoms with Crippen molar-refractivity contribution in [3.8, 4) is 0 Å². The van der Waals surface area contributed by atoms with Gasteiger partial charge in [0.2, 0.25) is 5.72 Å². The lowest BCUT2D eigenvalue weighted by molar-refractivity contribution is -0.416. The van der Waals surface area contributed by atoms with Crippen molar-refractivity contribution in [1.82, 2.24) is 14.6 Å². The standard InChI is InChI=1S/C11H16FN3O8/c1-5-2-14(9(19)13-8(5)18)11(21)10(20,15(22)4-12)7(17)6(3-16)23-11/h2,6-7,16-17,20-22H,3-4H2,1H3,(H,13,18,19)/t6-,7-,10-,11+/m1/s1. The molecule has 0 bridgehead atoms. The van der Waals surface area contributed by atoms with E-state index in [1.807, 2.05) is 4.98 Å². The van der Waals surface area contributed by atoms with Crippen molar-refractivity contribution in [1.29, 1.82) is 0 Å². The molecule has 4 atom stereocenters. The van der Waals surface area contributed by atoms with Crippen LogP contribution in [0, 0.1) is 6.92 Å². The number of nitrogens with zero attached hydrogens (tertiary/aromatic N) is 2. The Labute approximate surface area is 127 Å². The number of aliphatic hydroxyl groups excluding tert-OH is 2. The predicted octanol–water partition coefficient (Wildman–Crippen LogP) is -3.49. The van der Waals surface area contributed by atoms with E-state index in [0.717, 1.165) is 6.20 Å². The summed E-state index contributed by atoms with van der Waals surface area (Å²) in [6.45, 7) is -1.42. The zero-order valence-electron chi connectivity index (χ0n) is 11.9. The van der Waals surface area contributed by atoms with Crippen LogP contribution in [0.5, 0.6) is 0 Å². The highest BCUT2D eigenvalue weighted by Gasteiger charge is 2.70. The van der Waals surface area contributed by atoms with E-state index in [9.17, 15) is 34.5 Å². The average Bonchev–Trinajstić information content (AvgIpc) is 2.72. The lowest BCUT2D eigenvalue weighted by Crippen LogP contribution is -2.68. The summed E-state index contributed by atoms with van der Waals surface area (Å²) < 4.78 is 18.0. The van der Waals surface area contributed by atoms with Gasteiger partial charge in [-0.25, -0.2) is 13.8 Å². The number of aromatic amines is 1. The molecule has 1 aliphatic rings. The lowest BCUT2D eigenvalue weighted by Gasteiger charge is -2.40. The van der Waals surface area contributed by atoms with Crippen LogP contribution in [0.2, 0.25) is 0 Å². The highest BCUT2D eigenvalue weighted by Crippen LogP contribution is 2.42. The fourth-order valence-electron chi connectivity index (χ4n) is 2.39. The molecule has 12 heteroatoms. The maximum Gasteiger partial charge on any atom is 0.332 e. The van der Waals surface area contributed by atoms with Gasteiger partial charge in [0.25, 0.3) is 5.56 Å². The molecule has 0 saturated carbocycles. The Morgan fingerprint density at radius 2 is 2.09 bits per heavy atom. The number of aromatic nitrogens is 2. The maximum atomic E-state index is 12.8. The third-order valence-electron chi connectivity index (χ3n) is 3.69. The number of nitrogens with one attached hydrogen (secondary N) is 1. The Bertz CT molecular complexity index is 707. The molecule has 1 aliphatic heterocycles. The molecule has 1 saturated heterocycles. The van der Waals surface area contributed by atoms with Gasteiger partial charge in [-0.1, -0.05) is 0 Å². The van der Waals surface area contributed by atoms with Gasteiger partial charge in [0.1, 0.15) is 12.2 Å². The number of H-pyrrole nitrogens is 1. The van der Waals surface area contributed by atoms with Gasteiger partial charge in [-0.15, -0.1) is 5.06 Å². The molecule has 1 fully saturated rings. The summed E-state index contributed by atoms with van der Waals surface area (Å²) in [7, 11) is 0. The second kappa shape index (κ2) is 5.76. The fraction of sp³-hybridized carbons (Fsp3) is 0.636. The van der Waals surface area contributed by atoms with E-state index in [4.69, 9.17) is 9.84 Å². The van der Waals surface area contributed by atoms with Gasteiger partial charge in [0.15, 0.2) is 6.80 Å². The predicted molar refractivity (Wildman–Crippen MR) is 68.8 cm³/mol. The first kappa shape index (κ1) is 17.7. The summed E-state index contributed by atoms with van der Waals surface area (Å²) >= 11 is 0. The zero-order chi connectivity index (χ0) is 17.6. The number of aryl methyl sites for hydroxylation is 1. The van der Waals surface area contributed by atoms with Gasteiger partial charge >= 0.3 is 11.6 Å². The smallest absolute Gasteiger partial charge is 0.332 e. The van der Waals surface area contributed by atoms with E-state index in [-0.39, 0.29) is 10.1 Å². The Balaban J connectivity index is 2.73. The summed E-state index contributed by atoms with van der Waals surface area (Å²) in [5.74, 6) is -3.20. The molecule has 11 nitrogen and oxygen atoms in total. The lowest BCUT2D eigenvalue weighted by atomic mass is 10.0. The quantitative estimate of drug-likeness (QED) is 0.185. The minimum atomic E-state index is -3.25. The Kier molecular flexibility index (Phi) is 4.42. The molecule has 0 aromatic carbocycles. The van der Waals surface area contributed by atoms with Crippen molar-refractivity contribution in [3.05, 3.63) is 32.6 Å². The summed E-state index contributed by atoms with van der Waals surface area (Å²) in [4.78, 5) is 25.1. The fourth-order valence-corrected chi connectivity index (χ4v) is 2.39. The number of ether oxygens (including phenoxy) is 1. The van der Waals surface area contributed by atoms with Crippen molar-refractivity contribution >= 4 is 0 Å². The number of halogens is 1. The van der Waals surface area contributed by atoms with Crippen LogP contribution in [-0.2, 0) is 10.6 Å². The molecular weight excluding hydrogens is 321 g/mol. The molecule has 0 unspecified atom stereocenters. The van der Waals surface area contributed by atoms with Crippen LogP contribution in [-0.4, -0.2) is 71.6 Å². The molecule has 2 rings (SSSR count). The molecule has 1 aromatic heterocycles. The molecule has 6 N–H and O–H groups in total.